The highest BCUT2D eigenvalue weighted by atomic mass is 32.2. The van der Waals surface area contributed by atoms with Crippen LogP contribution in [0.2, 0.25) is 0 Å². The van der Waals surface area contributed by atoms with Gasteiger partial charge in [0.25, 0.3) is 11.2 Å². The summed E-state index contributed by atoms with van der Waals surface area (Å²) in [6.45, 7) is 1.57. The third kappa shape index (κ3) is 9.48. The van der Waals surface area contributed by atoms with E-state index in [2.05, 4.69) is 44.7 Å². The molecule has 0 bridgehead atoms. The number of nitrogens with two attached hydrogens (primary N) is 1. The number of hydrogen-bond acceptors (Lipinski definition) is 8. The molecule has 3 rings (SSSR count). The zero-order chi connectivity index (χ0) is 25.3. The van der Waals surface area contributed by atoms with E-state index in [1.54, 1.807) is 12.4 Å². The third-order valence-corrected chi connectivity index (χ3v) is 5.74. The standard InChI is InChI=1S/C19H23F3N10OS2/c1-12-7-13(9-24-8-12)10-27-16-15(31-35(33)32-16)25-4-2-6-34-18-26-5-3-14(30-18)29-17(23)28-11-19(20,21)22/h3,5,7-9H,2,4,6,10-11H2,1H3,(H,25,31)(H,27,32)(H3,23,26,28,29,30). The van der Waals surface area contributed by atoms with Crippen LogP contribution < -0.4 is 21.7 Å². The van der Waals surface area contributed by atoms with E-state index in [4.69, 9.17) is 5.73 Å². The monoisotopic (exact) mass is 528 g/mol. The Labute approximate surface area is 206 Å². The van der Waals surface area contributed by atoms with Crippen LogP contribution in [0.1, 0.15) is 17.5 Å². The first kappa shape index (κ1) is 26.3. The van der Waals surface area contributed by atoms with Crippen molar-refractivity contribution in [3.05, 3.63) is 41.9 Å². The molecule has 0 fully saturated rings. The summed E-state index contributed by atoms with van der Waals surface area (Å²) in [5.74, 6) is 1.33. The van der Waals surface area contributed by atoms with E-state index in [9.17, 15) is 17.4 Å². The van der Waals surface area contributed by atoms with Gasteiger partial charge >= 0.3 is 6.18 Å². The van der Waals surface area contributed by atoms with Crippen molar-refractivity contribution in [1.29, 1.82) is 0 Å². The maximum Gasteiger partial charge on any atom is 0.408 e. The fourth-order valence-corrected chi connectivity index (χ4v) is 4.09. The van der Waals surface area contributed by atoms with Crippen LogP contribution in [0, 0.1) is 6.92 Å². The van der Waals surface area contributed by atoms with Gasteiger partial charge in [0.2, 0.25) is 0 Å². The van der Waals surface area contributed by atoms with E-state index in [0.29, 0.717) is 42.1 Å². The van der Waals surface area contributed by atoms with Gasteiger partial charge in [-0.3, -0.25) is 4.98 Å². The number of aryl methyl sites for hydroxylation is 1. The van der Waals surface area contributed by atoms with Gasteiger partial charge in [0, 0.05) is 37.4 Å². The van der Waals surface area contributed by atoms with Crippen molar-refractivity contribution in [2.24, 2.45) is 19.5 Å². The minimum Gasteiger partial charge on any atom is -0.370 e. The van der Waals surface area contributed by atoms with Crippen LogP contribution in [0.3, 0.4) is 0 Å². The number of alkyl halides is 3. The number of rotatable bonds is 9. The Balaban J connectivity index is 1.40. The molecule has 188 valence electrons. The smallest absolute Gasteiger partial charge is 0.370 e. The van der Waals surface area contributed by atoms with E-state index in [1.165, 1.54) is 24.0 Å². The number of anilines is 1. The second kappa shape index (κ2) is 12.4. The van der Waals surface area contributed by atoms with Crippen LogP contribution in [0.25, 0.3) is 0 Å². The summed E-state index contributed by atoms with van der Waals surface area (Å²) in [5.41, 5.74) is 7.46. The highest BCUT2D eigenvalue weighted by Gasteiger charge is 2.26. The molecule has 1 aliphatic rings. The van der Waals surface area contributed by atoms with E-state index in [-0.39, 0.29) is 11.8 Å². The lowest BCUT2D eigenvalue weighted by molar-refractivity contribution is -0.118. The predicted octanol–water partition coefficient (Wildman–Crippen LogP) is 1.72. The van der Waals surface area contributed by atoms with Crippen LogP contribution in [0.15, 0.2) is 49.7 Å². The molecule has 2 aromatic rings. The van der Waals surface area contributed by atoms with Crippen LogP contribution in [0.5, 0.6) is 0 Å². The van der Waals surface area contributed by atoms with Gasteiger partial charge in [-0.1, -0.05) is 17.8 Å². The Morgan fingerprint density at radius 1 is 1.23 bits per heavy atom. The lowest BCUT2D eigenvalue weighted by atomic mass is 10.2. The Morgan fingerprint density at radius 3 is 2.74 bits per heavy atom. The van der Waals surface area contributed by atoms with Crippen molar-refractivity contribution in [2.75, 3.05) is 24.2 Å². The Hall–Kier alpha value is -3.27. The summed E-state index contributed by atoms with van der Waals surface area (Å²) < 4.78 is 56.4. The molecule has 0 aliphatic carbocycles. The average molecular weight is 529 g/mol. The van der Waals surface area contributed by atoms with E-state index in [0.717, 1.165) is 11.1 Å². The van der Waals surface area contributed by atoms with Gasteiger partial charge < -0.3 is 21.7 Å². The third-order valence-electron chi connectivity index (χ3n) is 4.12. The number of pyridine rings is 1. The zero-order valence-corrected chi connectivity index (χ0v) is 20.2. The summed E-state index contributed by atoms with van der Waals surface area (Å²) in [4.78, 5) is 15.7. The molecule has 35 heavy (non-hydrogen) atoms. The Bertz CT molecular complexity index is 1140. The summed E-state index contributed by atoms with van der Waals surface area (Å²) in [7, 11) is 0. The highest BCUT2D eigenvalue weighted by molar-refractivity contribution is 7.99. The molecule has 1 aliphatic heterocycles. The van der Waals surface area contributed by atoms with Gasteiger partial charge in [0.1, 0.15) is 12.4 Å². The molecule has 0 radical (unpaired) electrons. The van der Waals surface area contributed by atoms with Crippen molar-refractivity contribution in [1.82, 2.24) is 25.6 Å². The molecule has 3 heterocycles. The predicted molar refractivity (Wildman–Crippen MR) is 130 cm³/mol. The van der Waals surface area contributed by atoms with Crippen molar-refractivity contribution in [3.8, 4) is 0 Å². The number of nitrogens with one attached hydrogen (secondary N) is 3. The largest absolute Gasteiger partial charge is 0.408 e. The van der Waals surface area contributed by atoms with Gasteiger partial charge in [-0.05, 0) is 30.5 Å². The zero-order valence-electron chi connectivity index (χ0n) is 18.5. The van der Waals surface area contributed by atoms with Crippen molar-refractivity contribution < 1.29 is 17.4 Å². The maximum absolute atomic E-state index is 12.2. The molecule has 11 nitrogen and oxygen atoms in total. The topological polar surface area (TPSA) is 155 Å². The lowest BCUT2D eigenvalue weighted by Gasteiger charge is -2.10. The molecule has 0 saturated heterocycles. The molecule has 2 aromatic heterocycles. The molecular weight excluding hydrogens is 505 g/mol. The number of aliphatic imine (C=N–C) groups is 1. The Kier molecular flexibility index (Phi) is 9.36. The first-order valence-electron chi connectivity index (χ1n) is 10.3. The van der Waals surface area contributed by atoms with Crippen molar-refractivity contribution in [2.45, 2.75) is 31.2 Å². The number of aromatic nitrogens is 3. The van der Waals surface area contributed by atoms with Crippen molar-refractivity contribution in [3.63, 3.8) is 0 Å². The highest BCUT2D eigenvalue weighted by Crippen LogP contribution is 2.16. The first-order valence-corrected chi connectivity index (χ1v) is 12.3. The van der Waals surface area contributed by atoms with E-state index < -0.39 is 23.9 Å². The molecule has 0 spiro atoms. The fourth-order valence-electron chi connectivity index (χ4n) is 2.66. The minimum absolute atomic E-state index is 0.238. The molecular formula is C19H23F3N10OS2. The van der Waals surface area contributed by atoms with Gasteiger partial charge in [0.15, 0.2) is 22.8 Å². The van der Waals surface area contributed by atoms with Crippen LogP contribution >= 0.6 is 11.8 Å². The number of halogens is 3. The number of nitrogens with zero attached hydrogens (tertiary/aromatic N) is 6. The molecule has 0 saturated carbocycles. The van der Waals surface area contributed by atoms with Gasteiger partial charge in [-0.2, -0.15) is 13.2 Å². The number of amidine groups is 2. The van der Waals surface area contributed by atoms with E-state index >= 15 is 0 Å². The van der Waals surface area contributed by atoms with Crippen LogP contribution in [0.4, 0.5) is 19.0 Å². The summed E-state index contributed by atoms with van der Waals surface area (Å²) >= 11 is -0.319. The molecule has 5 N–H and O–H groups in total. The minimum atomic E-state index is -4.44. The average Bonchev–Trinajstić information content (AvgIpc) is 3.15. The number of thioether (sulfide) groups is 1. The quantitative estimate of drug-likeness (QED) is 0.125. The maximum atomic E-state index is 12.2. The molecule has 1 atom stereocenters. The summed E-state index contributed by atoms with van der Waals surface area (Å²) in [6, 6.07) is 3.46. The number of guanidine groups is 1. The molecule has 0 amide bonds. The lowest BCUT2D eigenvalue weighted by Crippen LogP contribution is -2.38. The summed E-state index contributed by atoms with van der Waals surface area (Å²) in [5, 5.41) is 9.17. The van der Waals surface area contributed by atoms with Gasteiger partial charge in [-0.25, -0.2) is 19.2 Å². The second-order valence-corrected chi connectivity index (χ2v) is 9.02. The second-order valence-electron chi connectivity index (χ2n) is 7.13. The number of hydrogen-bond donors (Lipinski definition) is 4. The first-order chi connectivity index (χ1) is 16.7. The van der Waals surface area contributed by atoms with Gasteiger partial charge in [0.05, 0.1) is 0 Å². The Morgan fingerprint density at radius 2 is 2.00 bits per heavy atom. The molecule has 1 unspecified atom stereocenters. The SMILES string of the molecule is Cc1cncc(CNC2=NS(=O)N=C2NCCCSc2nccc(NC(N)=NCC(F)(F)F)n2)c1. The normalized spacial score (nSPS) is 16.0. The van der Waals surface area contributed by atoms with Crippen LogP contribution in [-0.4, -0.2) is 61.8 Å². The van der Waals surface area contributed by atoms with Crippen molar-refractivity contribution >= 4 is 46.4 Å². The van der Waals surface area contributed by atoms with Crippen LogP contribution in [-0.2, 0) is 17.7 Å². The fraction of sp³-hybridized carbons (Fsp3) is 0.368. The van der Waals surface area contributed by atoms with Gasteiger partial charge in [-0.15, -0.1) is 8.80 Å². The summed E-state index contributed by atoms with van der Waals surface area (Å²) in [6.07, 6.45) is 1.23. The molecule has 16 heteroatoms. The molecule has 0 aromatic carbocycles. The van der Waals surface area contributed by atoms with E-state index in [1.807, 2.05) is 13.0 Å².